The Morgan fingerprint density at radius 2 is 1.84 bits per heavy atom. The van der Waals surface area contributed by atoms with Crippen LogP contribution in [0.4, 0.5) is 10.5 Å². The summed E-state index contributed by atoms with van der Waals surface area (Å²) in [7, 11) is 0. The van der Waals surface area contributed by atoms with Crippen molar-refractivity contribution in [1.29, 1.82) is 0 Å². The predicted octanol–water partition coefficient (Wildman–Crippen LogP) is 2.55. The second-order valence-electron chi connectivity index (χ2n) is 5.08. The van der Waals surface area contributed by atoms with Crippen molar-refractivity contribution in [1.82, 2.24) is 9.80 Å². The van der Waals surface area contributed by atoms with E-state index in [-0.39, 0.29) is 6.03 Å². The van der Waals surface area contributed by atoms with Crippen LogP contribution < -0.4 is 5.32 Å². The molecule has 1 aliphatic rings. The molecule has 0 radical (unpaired) electrons. The number of hydrogen-bond acceptors (Lipinski definition) is 2. The van der Waals surface area contributed by atoms with Gasteiger partial charge in [-0.3, -0.25) is 4.90 Å². The quantitative estimate of drug-likeness (QED) is 0.904. The molecule has 2 amide bonds. The van der Waals surface area contributed by atoms with Crippen molar-refractivity contribution in [2.45, 2.75) is 26.8 Å². The average molecular weight is 261 g/mol. The lowest BCUT2D eigenvalue weighted by atomic mass is 10.1. The SMILES string of the molecule is CCN(CC)C1CN(C(=O)Nc2ccc(C)cc2)C1. The van der Waals surface area contributed by atoms with Crippen LogP contribution in [0.25, 0.3) is 0 Å². The van der Waals surface area contributed by atoms with Gasteiger partial charge in [0.05, 0.1) is 0 Å². The highest BCUT2D eigenvalue weighted by Crippen LogP contribution is 2.17. The zero-order chi connectivity index (χ0) is 13.8. The third kappa shape index (κ3) is 3.26. The fourth-order valence-corrected chi connectivity index (χ4v) is 2.43. The highest BCUT2D eigenvalue weighted by Gasteiger charge is 2.33. The molecule has 19 heavy (non-hydrogen) atoms. The first kappa shape index (κ1) is 13.9. The minimum Gasteiger partial charge on any atom is -0.321 e. The third-order valence-electron chi connectivity index (χ3n) is 3.78. The summed E-state index contributed by atoms with van der Waals surface area (Å²) in [6.45, 7) is 10.1. The number of likely N-dealkylation sites (tertiary alicyclic amines) is 1. The van der Waals surface area contributed by atoms with Gasteiger partial charge in [0.1, 0.15) is 0 Å². The van der Waals surface area contributed by atoms with Gasteiger partial charge in [-0.1, -0.05) is 31.5 Å². The van der Waals surface area contributed by atoms with Crippen LogP contribution in [0.2, 0.25) is 0 Å². The second kappa shape index (κ2) is 6.06. The smallest absolute Gasteiger partial charge is 0.321 e. The molecule has 1 aromatic carbocycles. The maximum absolute atomic E-state index is 12.0. The first-order chi connectivity index (χ1) is 9.13. The molecule has 0 aromatic heterocycles. The van der Waals surface area contributed by atoms with E-state index in [1.165, 1.54) is 5.56 Å². The zero-order valence-electron chi connectivity index (χ0n) is 12.0. The summed E-state index contributed by atoms with van der Waals surface area (Å²) in [5.74, 6) is 0. The molecule has 1 aromatic rings. The van der Waals surface area contributed by atoms with Crippen molar-refractivity contribution in [3.05, 3.63) is 29.8 Å². The van der Waals surface area contributed by atoms with Crippen LogP contribution in [-0.4, -0.2) is 48.1 Å². The lowest BCUT2D eigenvalue weighted by Gasteiger charge is -2.44. The summed E-state index contributed by atoms with van der Waals surface area (Å²) in [5, 5.41) is 2.94. The zero-order valence-corrected chi connectivity index (χ0v) is 12.0. The number of likely N-dealkylation sites (N-methyl/N-ethyl adjacent to an activating group) is 1. The van der Waals surface area contributed by atoms with Crippen LogP contribution in [0.15, 0.2) is 24.3 Å². The Bertz CT molecular complexity index is 420. The summed E-state index contributed by atoms with van der Waals surface area (Å²) >= 11 is 0. The number of carbonyl (C=O) groups excluding carboxylic acids is 1. The first-order valence-corrected chi connectivity index (χ1v) is 7.00. The lowest BCUT2D eigenvalue weighted by Crippen LogP contribution is -2.61. The molecule has 4 nitrogen and oxygen atoms in total. The third-order valence-corrected chi connectivity index (χ3v) is 3.78. The molecule has 1 aliphatic heterocycles. The van der Waals surface area contributed by atoms with Crippen LogP contribution in [-0.2, 0) is 0 Å². The number of nitrogens with zero attached hydrogens (tertiary/aromatic N) is 2. The lowest BCUT2D eigenvalue weighted by molar-refractivity contribution is 0.0685. The number of aryl methyl sites for hydroxylation is 1. The van der Waals surface area contributed by atoms with E-state index in [0.717, 1.165) is 31.9 Å². The number of rotatable bonds is 4. The van der Waals surface area contributed by atoms with E-state index in [1.807, 2.05) is 36.1 Å². The Morgan fingerprint density at radius 3 is 2.37 bits per heavy atom. The van der Waals surface area contributed by atoms with Gasteiger partial charge in [-0.05, 0) is 32.1 Å². The van der Waals surface area contributed by atoms with Crippen molar-refractivity contribution < 1.29 is 4.79 Å². The highest BCUT2D eigenvalue weighted by molar-refractivity contribution is 5.89. The summed E-state index contributed by atoms with van der Waals surface area (Å²) in [6.07, 6.45) is 0. The van der Waals surface area contributed by atoms with Crippen LogP contribution in [0.3, 0.4) is 0 Å². The number of nitrogens with one attached hydrogen (secondary N) is 1. The summed E-state index contributed by atoms with van der Waals surface area (Å²) in [5.41, 5.74) is 2.06. The van der Waals surface area contributed by atoms with Crippen LogP contribution in [0, 0.1) is 6.92 Å². The maximum atomic E-state index is 12.0. The molecule has 1 fully saturated rings. The predicted molar refractivity (Wildman–Crippen MR) is 78.5 cm³/mol. The monoisotopic (exact) mass is 261 g/mol. The van der Waals surface area contributed by atoms with Gasteiger partial charge in [0.15, 0.2) is 0 Å². The molecule has 0 bridgehead atoms. The van der Waals surface area contributed by atoms with Crippen molar-refractivity contribution in [3.8, 4) is 0 Å². The minimum atomic E-state index is 0.00672. The Morgan fingerprint density at radius 1 is 1.26 bits per heavy atom. The molecule has 1 saturated heterocycles. The fourth-order valence-electron chi connectivity index (χ4n) is 2.43. The summed E-state index contributed by atoms with van der Waals surface area (Å²) in [4.78, 5) is 16.3. The Hall–Kier alpha value is -1.55. The molecule has 4 heteroatoms. The van der Waals surface area contributed by atoms with Gasteiger partial charge in [0.2, 0.25) is 0 Å². The van der Waals surface area contributed by atoms with Crippen LogP contribution in [0.1, 0.15) is 19.4 Å². The van der Waals surface area contributed by atoms with Crippen molar-refractivity contribution in [2.75, 3.05) is 31.5 Å². The molecule has 0 atom stereocenters. The van der Waals surface area contributed by atoms with E-state index in [2.05, 4.69) is 24.1 Å². The van der Waals surface area contributed by atoms with Crippen molar-refractivity contribution >= 4 is 11.7 Å². The number of anilines is 1. The van der Waals surface area contributed by atoms with Gasteiger partial charge >= 0.3 is 6.03 Å². The standard InChI is InChI=1S/C15H23N3O/c1-4-17(5-2)14-10-18(11-14)15(19)16-13-8-6-12(3)7-9-13/h6-9,14H,4-5,10-11H2,1-3H3,(H,16,19). The molecule has 0 saturated carbocycles. The topological polar surface area (TPSA) is 35.6 Å². The van der Waals surface area contributed by atoms with E-state index < -0.39 is 0 Å². The maximum Gasteiger partial charge on any atom is 0.321 e. The van der Waals surface area contributed by atoms with E-state index in [4.69, 9.17) is 0 Å². The van der Waals surface area contributed by atoms with Gasteiger partial charge < -0.3 is 10.2 Å². The highest BCUT2D eigenvalue weighted by atomic mass is 16.2. The van der Waals surface area contributed by atoms with Crippen LogP contribution in [0.5, 0.6) is 0 Å². The number of hydrogen-bond donors (Lipinski definition) is 1. The number of benzene rings is 1. The van der Waals surface area contributed by atoms with E-state index in [1.54, 1.807) is 0 Å². The molecular weight excluding hydrogens is 238 g/mol. The minimum absolute atomic E-state index is 0.00672. The summed E-state index contributed by atoms with van der Waals surface area (Å²) in [6, 6.07) is 8.42. The molecule has 1 heterocycles. The second-order valence-corrected chi connectivity index (χ2v) is 5.08. The number of carbonyl (C=O) groups is 1. The molecule has 1 N–H and O–H groups in total. The molecule has 0 aliphatic carbocycles. The van der Waals surface area contributed by atoms with E-state index >= 15 is 0 Å². The number of urea groups is 1. The molecule has 0 unspecified atom stereocenters. The number of amides is 2. The van der Waals surface area contributed by atoms with E-state index in [9.17, 15) is 4.79 Å². The Kier molecular flexibility index (Phi) is 4.43. The molecule has 0 spiro atoms. The molecular formula is C15H23N3O. The molecule has 2 rings (SSSR count). The largest absolute Gasteiger partial charge is 0.321 e. The Balaban J connectivity index is 1.82. The van der Waals surface area contributed by atoms with Gasteiger partial charge in [-0.15, -0.1) is 0 Å². The Labute approximate surface area is 115 Å². The fraction of sp³-hybridized carbons (Fsp3) is 0.533. The van der Waals surface area contributed by atoms with Crippen LogP contribution >= 0.6 is 0 Å². The first-order valence-electron chi connectivity index (χ1n) is 7.00. The molecule has 104 valence electrons. The van der Waals surface area contributed by atoms with E-state index in [0.29, 0.717) is 6.04 Å². The van der Waals surface area contributed by atoms with Gasteiger partial charge in [0, 0.05) is 24.8 Å². The van der Waals surface area contributed by atoms with Gasteiger partial charge in [0.25, 0.3) is 0 Å². The van der Waals surface area contributed by atoms with Gasteiger partial charge in [-0.2, -0.15) is 0 Å². The van der Waals surface area contributed by atoms with Crippen molar-refractivity contribution in [3.63, 3.8) is 0 Å². The average Bonchev–Trinajstić information content (AvgIpc) is 2.35. The van der Waals surface area contributed by atoms with Gasteiger partial charge in [-0.25, -0.2) is 4.79 Å². The van der Waals surface area contributed by atoms with Crippen molar-refractivity contribution in [2.24, 2.45) is 0 Å². The summed E-state index contributed by atoms with van der Waals surface area (Å²) < 4.78 is 0. The normalized spacial score (nSPS) is 15.5.